The topological polar surface area (TPSA) is 64.6 Å². The Morgan fingerprint density at radius 3 is 2.62 bits per heavy atom. The molecule has 126 valence electrons. The van der Waals surface area contributed by atoms with Crippen molar-refractivity contribution in [2.45, 2.75) is 20.0 Å². The minimum absolute atomic E-state index is 0.259. The third-order valence-corrected chi connectivity index (χ3v) is 3.39. The van der Waals surface area contributed by atoms with Crippen LogP contribution in [0.4, 0.5) is 5.69 Å². The first-order valence-electron chi connectivity index (χ1n) is 7.50. The molecule has 2 aromatic carbocycles. The number of nitrogens with one attached hydrogen (secondary N) is 1. The summed E-state index contributed by atoms with van der Waals surface area (Å²) in [5, 5.41) is 3.21. The average Bonchev–Trinajstić information content (AvgIpc) is 2.55. The molecule has 24 heavy (non-hydrogen) atoms. The van der Waals surface area contributed by atoms with E-state index < -0.39 is 12.1 Å². The van der Waals surface area contributed by atoms with Crippen molar-refractivity contribution in [1.82, 2.24) is 0 Å². The number of esters is 1. The van der Waals surface area contributed by atoms with Crippen LogP contribution < -0.4 is 10.1 Å². The van der Waals surface area contributed by atoms with E-state index in [-0.39, 0.29) is 12.5 Å². The van der Waals surface area contributed by atoms with Gasteiger partial charge in [-0.25, -0.2) is 4.79 Å². The van der Waals surface area contributed by atoms with E-state index in [9.17, 15) is 9.59 Å². The SMILES string of the molecule is CCOC(=O)c1ccccc1NC(=O)[C@H](C)Oc1cccc(Cl)c1. The highest BCUT2D eigenvalue weighted by Gasteiger charge is 2.19. The first-order chi connectivity index (χ1) is 11.5. The molecule has 0 aliphatic heterocycles. The zero-order valence-corrected chi connectivity index (χ0v) is 14.2. The van der Waals surface area contributed by atoms with Gasteiger partial charge >= 0.3 is 5.97 Å². The molecular weight excluding hydrogens is 330 g/mol. The van der Waals surface area contributed by atoms with Gasteiger partial charge in [0.1, 0.15) is 5.75 Å². The molecule has 0 bridgehead atoms. The molecule has 1 N–H and O–H groups in total. The Morgan fingerprint density at radius 1 is 1.17 bits per heavy atom. The smallest absolute Gasteiger partial charge is 0.340 e. The second-order valence-electron chi connectivity index (χ2n) is 4.97. The number of rotatable bonds is 6. The van der Waals surface area contributed by atoms with E-state index in [0.29, 0.717) is 22.0 Å². The lowest BCUT2D eigenvalue weighted by Gasteiger charge is -2.16. The van der Waals surface area contributed by atoms with Crippen molar-refractivity contribution in [3.63, 3.8) is 0 Å². The third kappa shape index (κ3) is 4.73. The Balaban J connectivity index is 2.08. The fourth-order valence-corrected chi connectivity index (χ4v) is 2.19. The Morgan fingerprint density at radius 2 is 1.92 bits per heavy atom. The number of carbonyl (C=O) groups excluding carboxylic acids is 2. The lowest BCUT2D eigenvalue weighted by Crippen LogP contribution is -2.30. The lowest BCUT2D eigenvalue weighted by atomic mass is 10.1. The fraction of sp³-hybridized carbons (Fsp3) is 0.222. The Labute approximate surface area is 145 Å². The predicted molar refractivity (Wildman–Crippen MR) is 92.6 cm³/mol. The second kappa shape index (κ2) is 8.36. The molecule has 0 radical (unpaired) electrons. The van der Waals surface area contributed by atoms with Gasteiger partial charge in [0.05, 0.1) is 17.9 Å². The van der Waals surface area contributed by atoms with Crippen LogP contribution in [0.15, 0.2) is 48.5 Å². The van der Waals surface area contributed by atoms with Gasteiger partial charge in [-0.2, -0.15) is 0 Å². The van der Waals surface area contributed by atoms with Gasteiger partial charge in [0.15, 0.2) is 6.10 Å². The summed E-state index contributed by atoms with van der Waals surface area (Å²) in [7, 11) is 0. The van der Waals surface area contributed by atoms with E-state index in [2.05, 4.69) is 5.32 Å². The van der Waals surface area contributed by atoms with E-state index >= 15 is 0 Å². The third-order valence-electron chi connectivity index (χ3n) is 3.16. The first-order valence-corrected chi connectivity index (χ1v) is 7.88. The first kappa shape index (κ1) is 17.8. The van der Waals surface area contributed by atoms with Crippen molar-refractivity contribution in [3.05, 3.63) is 59.1 Å². The van der Waals surface area contributed by atoms with Crippen molar-refractivity contribution in [1.29, 1.82) is 0 Å². The zero-order chi connectivity index (χ0) is 17.5. The molecule has 0 aliphatic carbocycles. The predicted octanol–water partition coefficient (Wildman–Crippen LogP) is 3.92. The van der Waals surface area contributed by atoms with Gasteiger partial charge in [-0.1, -0.05) is 29.8 Å². The summed E-state index contributed by atoms with van der Waals surface area (Å²) in [6, 6.07) is 13.4. The number of anilines is 1. The number of benzene rings is 2. The summed E-state index contributed by atoms with van der Waals surface area (Å²) in [6.07, 6.45) is -0.765. The average molecular weight is 348 g/mol. The quantitative estimate of drug-likeness (QED) is 0.804. The normalized spacial score (nSPS) is 11.5. The van der Waals surface area contributed by atoms with E-state index in [1.165, 1.54) is 0 Å². The molecule has 6 heteroatoms. The minimum Gasteiger partial charge on any atom is -0.481 e. The van der Waals surface area contributed by atoms with E-state index in [4.69, 9.17) is 21.1 Å². The molecular formula is C18H18ClNO4. The van der Waals surface area contributed by atoms with Crippen molar-refractivity contribution in [2.75, 3.05) is 11.9 Å². The largest absolute Gasteiger partial charge is 0.481 e. The molecule has 1 atom stereocenters. The van der Waals surface area contributed by atoms with Crippen LogP contribution in [0.5, 0.6) is 5.75 Å². The number of carbonyl (C=O) groups is 2. The van der Waals surface area contributed by atoms with Gasteiger partial charge in [0.2, 0.25) is 0 Å². The molecule has 2 rings (SSSR count). The van der Waals surface area contributed by atoms with Crippen LogP contribution in [-0.4, -0.2) is 24.6 Å². The Hall–Kier alpha value is -2.53. The molecule has 0 heterocycles. The summed E-state index contributed by atoms with van der Waals surface area (Å²) in [5.41, 5.74) is 0.671. The number of hydrogen-bond donors (Lipinski definition) is 1. The highest BCUT2D eigenvalue weighted by Crippen LogP contribution is 2.20. The molecule has 0 saturated carbocycles. The van der Waals surface area contributed by atoms with Crippen LogP contribution in [0.3, 0.4) is 0 Å². The summed E-state index contributed by atoms with van der Waals surface area (Å²) < 4.78 is 10.5. The van der Waals surface area contributed by atoms with Crippen LogP contribution in [-0.2, 0) is 9.53 Å². The van der Waals surface area contributed by atoms with Gasteiger partial charge in [0, 0.05) is 5.02 Å². The molecule has 2 aromatic rings. The molecule has 0 aromatic heterocycles. The van der Waals surface area contributed by atoms with Crippen molar-refractivity contribution in [3.8, 4) is 5.75 Å². The fourth-order valence-electron chi connectivity index (χ4n) is 2.01. The van der Waals surface area contributed by atoms with Crippen molar-refractivity contribution < 1.29 is 19.1 Å². The molecule has 5 nitrogen and oxygen atoms in total. The van der Waals surface area contributed by atoms with E-state index in [1.807, 2.05) is 0 Å². The van der Waals surface area contributed by atoms with Crippen LogP contribution in [0.1, 0.15) is 24.2 Å². The maximum atomic E-state index is 12.3. The Bertz CT molecular complexity index is 732. The highest BCUT2D eigenvalue weighted by atomic mass is 35.5. The zero-order valence-electron chi connectivity index (χ0n) is 13.4. The van der Waals surface area contributed by atoms with Crippen LogP contribution in [0.2, 0.25) is 5.02 Å². The van der Waals surface area contributed by atoms with E-state index in [1.54, 1.807) is 62.4 Å². The van der Waals surface area contributed by atoms with Gasteiger partial charge in [-0.3, -0.25) is 4.79 Å². The number of halogens is 1. The van der Waals surface area contributed by atoms with Crippen LogP contribution in [0.25, 0.3) is 0 Å². The summed E-state index contributed by atoms with van der Waals surface area (Å²) in [5.74, 6) is -0.382. The molecule has 0 aliphatic rings. The minimum atomic E-state index is -0.765. The molecule has 0 saturated heterocycles. The summed E-state index contributed by atoms with van der Waals surface area (Å²) >= 11 is 5.89. The number of amides is 1. The van der Waals surface area contributed by atoms with Gasteiger partial charge in [-0.15, -0.1) is 0 Å². The van der Waals surface area contributed by atoms with Crippen molar-refractivity contribution >= 4 is 29.2 Å². The molecule has 0 unspecified atom stereocenters. The van der Waals surface area contributed by atoms with Crippen LogP contribution in [0, 0.1) is 0 Å². The summed E-state index contributed by atoms with van der Waals surface area (Å²) in [6.45, 7) is 3.60. The lowest BCUT2D eigenvalue weighted by molar-refractivity contribution is -0.122. The number of ether oxygens (including phenoxy) is 2. The van der Waals surface area contributed by atoms with E-state index in [0.717, 1.165) is 0 Å². The van der Waals surface area contributed by atoms with Crippen LogP contribution >= 0.6 is 11.6 Å². The monoisotopic (exact) mass is 347 g/mol. The standard InChI is InChI=1S/C18H18ClNO4/c1-3-23-18(22)15-9-4-5-10-16(15)20-17(21)12(2)24-14-8-6-7-13(19)11-14/h4-12H,3H2,1-2H3,(H,20,21)/t12-/m0/s1. The number of hydrogen-bond acceptors (Lipinski definition) is 4. The van der Waals surface area contributed by atoms with Crippen molar-refractivity contribution in [2.24, 2.45) is 0 Å². The van der Waals surface area contributed by atoms with Gasteiger partial charge in [-0.05, 0) is 44.2 Å². The second-order valence-corrected chi connectivity index (χ2v) is 5.41. The van der Waals surface area contributed by atoms with Gasteiger partial charge in [0.25, 0.3) is 5.91 Å². The maximum Gasteiger partial charge on any atom is 0.340 e. The maximum absolute atomic E-state index is 12.3. The highest BCUT2D eigenvalue weighted by molar-refractivity contribution is 6.30. The molecule has 1 amide bonds. The number of para-hydroxylation sites is 1. The molecule has 0 fully saturated rings. The Kier molecular flexibility index (Phi) is 6.21. The molecule has 0 spiro atoms. The summed E-state index contributed by atoms with van der Waals surface area (Å²) in [4.78, 5) is 24.2. The van der Waals surface area contributed by atoms with Gasteiger partial charge < -0.3 is 14.8 Å².